The molecule has 0 radical (unpaired) electrons. The van der Waals surface area contributed by atoms with Gasteiger partial charge >= 0.3 is 0 Å². The van der Waals surface area contributed by atoms with Crippen LogP contribution in [0.2, 0.25) is 5.02 Å². The van der Waals surface area contributed by atoms with Gasteiger partial charge in [-0.05, 0) is 18.2 Å². The first kappa shape index (κ1) is 12.3. The number of halogens is 2. The lowest BCUT2D eigenvalue weighted by atomic mass is 10.2. The maximum Gasteiger partial charge on any atom is 0.243 e. The van der Waals surface area contributed by atoms with Crippen LogP contribution in [0.15, 0.2) is 18.2 Å². The third-order valence-corrected chi connectivity index (χ3v) is 2.74. The largest absolute Gasteiger partial charge is 0.378 e. The maximum absolute atomic E-state index is 12.8. The molecule has 0 bridgehead atoms. The van der Waals surface area contributed by atoms with Crippen LogP contribution in [-0.4, -0.2) is 31.7 Å². The molecule has 1 heterocycles. The molecule has 0 aromatic heterocycles. The van der Waals surface area contributed by atoms with Gasteiger partial charge in [-0.15, -0.1) is 0 Å². The van der Waals surface area contributed by atoms with Crippen molar-refractivity contribution in [1.82, 2.24) is 5.32 Å². The van der Waals surface area contributed by atoms with E-state index < -0.39 is 11.9 Å². The fourth-order valence-corrected chi connectivity index (χ4v) is 1.76. The quantitative estimate of drug-likeness (QED) is 0.843. The summed E-state index contributed by atoms with van der Waals surface area (Å²) in [6.45, 7) is 1.56. The number of benzene rings is 1. The lowest BCUT2D eigenvalue weighted by Crippen LogP contribution is -2.48. The summed E-state index contributed by atoms with van der Waals surface area (Å²) >= 11 is 5.81. The van der Waals surface area contributed by atoms with E-state index in [1.807, 2.05) is 0 Å². The highest BCUT2D eigenvalue weighted by Crippen LogP contribution is 2.22. The Labute approximate surface area is 103 Å². The number of hydrogen-bond donors (Lipinski definition) is 2. The molecule has 17 heavy (non-hydrogen) atoms. The fourth-order valence-electron chi connectivity index (χ4n) is 1.54. The Morgan fingerprint density at radius 1 is 1.59 bits per heavy atom. The molecule has 1 aromatic rings. The van der Waals surface area contributed by atoms with Crippen molar-refractivity contribution in [2.24, 2.45) is 0 Å². The molecule has 1 amide bonds. The van der Waals surface area contributed by atoms with Crippen molar-refractivity contribution in [3.63, 3.8) is 0 Å². The first-order valence-corrected chi connectivity index (χ1v) is 5.61. The molecule has 6 heteroatoms. The van der Waals surface area contributed by atoms with Crippen molar-refractivity contribution in [2.75, 3.05) is 25.1 Å². The minimum atomic E-state index is -0.438. The van der Waals surface area contributed by atoms with E-state index in [2.05, 4.69) is 10.6 Å². The van der Waals surface area contributed by atoms with E-state index >= 15 is 0 Å². The zero-order chi connectivity index (χ0) is 12.3. The summed E-state index contributed by atoms with van der Waals surface area (Å²) < 4.78 is 18.0. The highest BCUT2D eigenvalue weighted by Gasteiger charge is 2.21. The van der Waals surface area contributed by atoms with Crippen LogP contribution in [0.5, 0.6) is 0 Å². The summed E-state index contributed by atoms with van der Waals surface area (Å²) in [4.78, 5) is 11.8. The lowest BCUT2D eigenvalue weighted by molar-refractivity contribution is -0.120. The predicted octanol–water partition coefficient (Wildman–Crippen LogP) is 1.41. The Morgan fingerprint density at radius 2 is 2.41 bits per heavy atom. The van der Waals surface area contributed by atoms with Crippen LogP contribution in [-0.2, 0) is 9.53 Å². The van der Waals surface area contributed by atoms with E-state index in [1.165, 1.54) is 12.1 Å². The number of morpholine rings is 1. The predicted molar refractivity (Wildman–Crippen MR) is 62.6 cm³/mol. The Bertz CT molecular complexity index is 422. The molecule has 2 rings (SSSR count). The summed E-state index contributed by atoms with van der Waals surface area (Å²) in [6, 6.07) is 3.43. The number of carbonyl (C=O) groups is 1. The molecular formula is C11H12ClFN2O2. The second kappa shape index (κ2) is 5.44. The number of rotatable bonds is 2. The van der Waals surface area contributed by atoms with E-state index in [4.69, 9.17) is 16.3 Å². The zero-order valence-corrected chi connectivity index (χ0v) is 9.76. The minimum Gasteiger partial charge on any atom is -0.378 e. The van der Waals surface area contributed by atoms with Crippen LogP contribution >= 0.6 is 11.6 Å². The van der Waals surface area contributed by atoms with E-state index in [0.29, 0.717) is 25.4 Å². The monoisotopic (exact) mass is 258 g/mol. The SMILES string of the molecule is O=C(Nc1ccc(F)cc1Cl)C1COCCN1. The van der Waals surface area contributed by atoms with Crippen molar-refractivity contribution in [2.45, 2.75) is 6.04 Å². The Balaban J connectivity index is 2.02. The fraction of sp³-hybridized carbons (Fsp3) is 0.364. The van der Waals surface area contributed by atoms with Gasteiger partial charge in [0.05, 0.1) is 23.9 Å². The number of carbonyl (C=O) groups excluding carboxylic acids is 1. The lowest BCUT2D eigenvalue weighted by Gasteiger charge is -2.23. The third-order valence-electron chi connectivity index (χ3n) is 2.43. The van der Waals surface area contributed by atoms with E-state index in [9.17, 15) is 9.18 Å². The molecule has 1 atom stereocenters. The van der Waals surface area contributed by atoms with Gasteiger partial charge in [-0.1, -0.05) is 11.6 Å². The van der Waals surface area contributed by atoms with Crippen LogP contribution in [0.3, 0.4) is 0 Å². The van der Waals surface area contributed by atoms with Crippen molar-refractivity contribution in [3.8, 4) is 0 Å². The molecule has 0 aliphatic carbocycles. The summed E-state index contributed by atoms with van der Waals surface area (Å²) in [6.07, 6.45) is 0. The second-order valence-corrected chi connectivity index (χ2v) is 4.10. The van der Waals surface area contributed by atoms with Gasteiger partial charge in [0.15, 0.2) is 0 Å². The van der Waals surface area contributed by atoms with Gasteiger partial charge in [0.1, 0.15) is 11.9 Å². The van der Waals surface area contributed by atoms with Crippen LogP contribution in [0, 0.1) is 5.82 Å². The smallest absolute Gasteiger partial charge is 0.243 e. The summed E-state index contributed by atoms with van der Waals surface area (Å²) in [5.41, 5.74) is 0.394. The van der Waals surface area contributed by atoms with Crippen molar-refractivity contribution >= 4 is 23.2 Å². The maximum atomic E-state index is 12.8. The third kappa shape index (κ3) is 3.15. The van der Waals surface area contributed by atoms with Gasteiger partial charge in [0, 0.05) is 6.54 Å². The molecule has 0 spiro atoms. The molecule has 1 aliphatic heterocycles. The van der Waals surface area contributed by atoms with Gasteiger partial charge in [-0.25, -0.2) is 4.39 Å². The van der Waals surface area contributed by atoms with Crippen LogP contribution in [0.4, 0.5) is 10.1 Å². The van der Waals surface area contributed by atoms with E-state index in [0.717, 1.165) is 6.07 Å². The van der Waals surface area contributed by atoms with Gasteiger partial charge in [0.25, 0.3) is 0 Å². The normalized spacial score (nSPS) is 20.0. The molecule has 4 nitrogen and oxygen atoms in total. The molecule has 1 saturated heterocycles. The molecule has 1 fully saturated rings. The highest BCUT2D eigenvalue weighted by molar-refractivity contribution is 6.33. The average Bonchev–Trinajstić information content (AvgIpc) is 2.34. The summed E-state index contributed by atoms with van der Waals surface area (Å²) in [5.74, 6) is -0.676. The van der Waals surface area contributed by atoms with Gasteiger partial charge in [-0.2, -0.15) is 0 Å². The second-order valence-electron chi connectivity index (χ2n) is 3.70. The van der Waals surface area contributed by atoms with Crippen LogP contribution in [0.1, 0.15) is 0 Å². The van der Waals surface area contributed by atoms with E-state index in [-0.39, 0.29) is 10.9 Å². The zero-order valence-electron chi connectivity index (χ0n) is 9.00. The number of anilines is 1. The minimum absolute atomic E-state index is 0.176. The molecule has 92 valence electrons. The Hall–Kier alpha value is -1.17. The number of ether oxygens (including phenoxy) is 1. The summed E-state index contributed by atoms with van der Waals surface area (Å²) in [7, 11) is 0. The first-order valence-electron chi connectivity index (χ1n) is 5.24. The van der Waals surface area contributed by atoms with Gasteiger partial charge in [0.2, 0.25) is 5.91 Å². The summed E-state index contributed by atoms with van der Waals surface area (Å²) in [5, 5.41) is 5.82. The van der Waals surface area contributed by atoms with Gasteiger partial charge < -0.3 is 15.4 Å². The topological polar surface area (TPSA) is 50.4 Å². The molecule has 1 unspecified atom stereocenters. The number of amides is 1. The average molecular weight is 259 g/mol. The van der Waals surface area contributed by atoms with Crippen molar-refractivity contribution in [3.05, 3.63) is 29.0 Å². The molecule has 1 aromatic carbocycles. The Morgan fingerprint density at radius 3 is 3.06 bits per heavy atom. The van der Waals surface area contributed by atoms with E-state index in [1.54, 1.807) is 0 Å². The molecule has 2 N–H and O–H groups in total. The Kier molecular flexibility index (Phi) is 3.93. The van der Waals surface area contributed by atoms with Crippen LogP contribution < -0.4 is 10.6 Å². The van der Waals surface area contributed by atoms with Crippen LogP contribution in [0.25, 0.3) is 0 Å². The molecular weight excluding hydrogens is 247 g/mol. The van der Waals surface area contributed by atoms with Crippen molar-refractivity contribution < 1.29 is 13.9 Å². The highest BCUT2D eigenvalue weighted by atomic mass is 35.5. The first-order chi connectivity index (χ1) is 8.16. The van der Waals surface area contributed by atoms with Crippen molar-refractivity contribution in [1.29, 1.82) is 0 Å². The number of hydrogen-bond acceptors (Lipinski definition) is 3. The number of nitrogens with one attached hydrogen (secondary N) is 2. The molecule has 0 saturated carbocycles. The van der Waals surface area contributed by atoms with Gasteiger partial charge in [-0.3, -0.25) is 4.79 Å². The molecule has 1 aliphatic rings. The standard InChI is InChI=1S/C11H12ClFN2O2/c12-8-5-7(13)1-2-9(8)15-11(16)10-6-17-4-3-14-10/h1-2,5,10,14H,3-4,6H2,(H,15,16).